The summed E-state index contributed by atoms with van der Waals surface area (Å²) in [6.07, 6.45) is 5.98. The summed E-state index contributed by atoms with van der Waals surface area (Å²) in [5.74, 6) is 1.70. The Morgan fingerprint density at radius 2 is 2.05 bits per heavy atom. The fraction of sp³-hybridized carbons (Fsp3) is 0.875. The number of carbonyl (C=O) groups excluding carboxylic acids is 2. The molecule has 118 valence electrons. The van der Waals surface area contributed by atoms with Gasteiger partial charge in [-0.25, -0.2) is 0 Å². The third-order valence-electron chi connectivity index (χ3n) is 5.28. The van der Waals surface area contributed by atoms with Gasteiger partial charge in [-0.1, -0.05) is 6.92 Å². The second-order valence-electron chi connectivity index (χ2n) is 6.82. The van der Waals surface area contributed by atoms with E-state index in [4.69, 9.17) is 0 Å². The monoisotopic (exact) mass is 310 g/mol. The van der Waals surface area contributed by atoms with Gasteiger partial charge in [0, 0.05) is 24.3 Å². The van der Waals surface area contributed by atoms with E-state index in [1.807, 2.05) is 23.6 Å². The van der Waals surface area contributed by atoms with Gasteiger partial charge in [-0.15, -0.1) is 0 Å². The minimum absolute atomic E-state index is 0.0396. The van der Waals surface area contributed by atoms with Gasteiger partial charge in [0.25, 0.3) is 0 Å². The van der Waals surface area contributed by atoms with Gasteiger partial charge in [-0.2, -0.15) is 11.8 Å². The molecule has 1 aliphatic heterocycles. The quantitative estimate of drug-likeness (QED) is 0.866. The summed E-state index contributed by atoms with van der Waals surface area (Å²) in [7, 11) is 0. The van der Waals surface area contributed by atoms with Gasteiger partial charge in [0.05, 0.1) is 0 Å². The summed E-state index contributed by atoms with van der Waals surface area (Å²) in [6, 6.07) is 0.340. The van der Waals surface area contributed by atoms with Gasteiger partial charge in [-0.05, 0) is 50.7 Å². The van der Waals surface area contributed by atoms with Gasteiger partial charge in [0.2, 0.25) is 11.8 Å². The molecule has 3 atom stereocenters. The first-order chi connectivity index (χ1) is 10.0. The molecule has 21 heavy (non-hydrogen) atoms. The van der Waals surface area contributed by atoms with Crippen molar-refractivity contribution in [3.63, 3.8) is 0 Å². The van der Waals surface area contributed by atoms with Crippen molar-refractivity contribution in [2.75, 3.05) is 12.3 Å². The molecule has 1 heterocycles. The third-order valence-corrected chi connectivity index (χ3v) is 6.51. The van der Waals surface area contributed by atoms with Crippen molar-refractivity contribution in [3.8, 4) is 0 Å². The van der Waals surface area contributed by atoms with E-state index in [9.17, 15) is 9.59 Å². The molecular formula is C16H26N2O2S. The van der Waals surface area contributed by atoms with Crippen molar-refractivity contribution in [1.29, 1.82) is 0 Å². The minimum Gasteiger partial charge on any atom is -0.342 e. The second-order valence-corrected chi connectivity index (χ2v) is 8.39. The molecule has 1 saturated heterocycles. The highest BCUT2D eigenvalue weighted by Gasteiger charge is 2.52. The van der Waals surface area contributed by atoms with E-state index < -0.39 is 5.54 Å². The Bertz CT molecular complexity index is 438. The summed E-state index contributed by atoms with van der Waals surface area (Å²) in [5.41, 5.74) is -0.649. The topological polar surface area (TPSA) is 49.4 Å². The summed E-state index contributed by atoms with van der Waals surface area (Å²) < 4.78 is 0. The lowest BCUT2D eigenvalue weighted by molar-refractivity contribution is -0.141. The molecule has 2 amide bonds. The molecule has 5 heteroatoms. The number of rotatable bonds is 4. The van der Waals surface area contributed by atoms with E-state index in [0.717, 1.165) is 31.4 Å². The van der Waals surface area contributed by atoms with Gasteiger partial charge in [-0.3, -0.25) is 9.59 Å². The highest BCUT2D eigenvalue weighted by atomic mass is 32.2. The van der Waals surface area contributed by atoms with Crippen LogP contribution in [0.3, 0.4) is 0 Å². The van der Waals surface area contributed by atoms with E-state index in [0.29, 0.717) is 30.2 Å². The second kappa shape index (κ2) is 5.82. The van der Waals surface area contributed by atoms with Gasteiger partial charge >= 0.3 is 0 Å². The van der Waals surface area contributed by atoms with Crippen molar-refractivity contribution in [2.45, 2.75) is 69.2 Å². The predicted octanol–water partition coefficient (Wildman–Crippen LogP) is 2.18. The number of nitrogens with one attached hydrogen (secondary N) is 1. The maximum atomic E-state index is 13.1. The third kappa shape index (κ3) is 2.94. The Kier molecular flexibility index (Phi) is 4.21. The number of nitrogens with zero attached hydrogens (tertiary/aromatic N) is 1. The van der Waals surface area contributed by atoms with Crippen LogP contribution >= 0.6 is 11.8 Å². The Morgan fingerprint density at radius 3 is 2.71 bits per heavy atom. The molecule has 0 aromatic heterocycles. The van der Waals surface area contributed by atoms with Crippen LogP contribution in [0.2, 0.25) is 0 Å². The predicted molar refractivity (Wildman–Crippen MR) is 85.2 cm³/mol. The maximum absolute atomic E-state index is 13.1. The first-order valence-electron chi connectivity index (χ1n) is 8.28. The molecule has 4 nitrogen and oxygen atoms in total. The SMILES string of the molecule is CCSC1CCC(N2CCC(=O)NC(C)(C3CC3)C2=O)C1. The number of thioether (sulfide) groups is 1. The Hall–Kier alpha value is -0.710. The average Bonchev–Trinajstić information content (AvgIpc) is 3.22. The van der Waals surface area contributed by atoms with Crippen molar-refractivity contribution in [1.82, 2.24) is 10.2 Å². The molecule has 3 unspecified atom stereocenters. The molecule has 0 radical (unpaired) electrons. The summed E-state index contributed by atoms with van der Waals surface area (Å²) >= 11 is 2.01. The Balaban J connectivity index is 1.75. The molecule has 1 N–H and O–H groups in total. The van der Waals surface area contributed by atoms with Crippen LogP contribution in [0.25, 0.3) is 0 Å². The smallest absolute Gasteiger partial charge is 0.248 e. The van der Waals surface area contributed by atoms with Crippen molar-refractivity contribution >= 4 is 23.6 Å². The fourth-order valence-electron chi connectivity index (χ4n) is 3.90. The lowest BCUT2D eigenvalue weighted by atomic mass is 9.93. The molecule has 3 rings (SSSR count). The van der Waals surface area contributed by atoms with Gasteiger partial charge < -0.3 is 10.2 Å². The molecule has 3 aliphatic rings. The van der Waals surface area contributed by atoms with Crippen LogP contribution in [0.1, 0.15) is 52.4 Å². The number of carbonyl (C=O) groups is 2. The molecule has 0 aromatic carbocycles. The zero-order valence-corrected chi connectivity index (χ0v) is 13.9. The summed E-state index contributed by atoms with van der Waals surface area (Å²) in [5, 5.41) is 3.71. The molecule has 3 fully saturated rings. The van der Waals surface area contributed by atoms with E-state index in [2.05, 4.69) is 12.2 Å². The van der Waals surface area contributed by atoms with Crippen LogP contribution in [-0.4, -0.2) is 45.8 Å². The van der Waals surface area contributed by atoms with E-state index in [1.165, 1.54) is 6.42 Å². The molecule has 2 saturated carbocycles. The Labute approximate surface area is 131 Å². The van der Waals surface area contributed by atoms with Crippen LogP contribution in [-0.2, 0) is 9.59 Å². The lowest BCUT2D eigenvalue weighted by Gasteiger charge is -2.35. The average molecular weight is 310 g/mol. The zero-order chi connectivity index (χ0) is 15.0. The highest BCUT2D eigenvalue weighted by molar-refractivity contribution is 7.99. The van der Waals surface area contributed by atoms with E-state index >= 15 is 0 Å². The van der Waals surface area contributed by atoms with Crippen molar-refractivity contribution < 1.29 is 9.59 Å². The summed E-state index contributed by atoms with van der Waals surface area (Å²) in [6.45, 7) is 4.74. The van der Waals surface area contributed by atoms with Crippen molar-refractivity contribution in [2.24, 2.45) is 5.92 Å². The van der Waals surface area contributed by atoms with Crippen LogP contribution in [0, 0.1) is 5.92 Å². The lowest BCUT2D eigenvalue weighted by Crippen LogP contribution is -2.58. The largest absolute Gasteiger partial charge is 0.342 e. The first-order valence-corrected chi connectivity index (χ1v) is 9.33. The van der Waals surface area contributed by atoms with Crippen LogP contribution in [0.4, 0.5) is 0 Å². The van der Waals surface area contributed by atoms with Crippen LogP contribution in [0.5, 0.6) is 0 Å². The maximum Gasteiger partial charge on any atom is 0.248 e. The van der Waals surface area contributed by atoms with Gasteiger partial charge in [0.15, 0.2) is 0 Å². The standard InChI is InChI=1S/C16H26N2O2S/c1-3-21-13-7-6-12(10-13)18-9-8-14(19)17-16(2,15(18)20)11-4-5-11/h11-13H,3-10H2,1-2H3,(H,17,19). The molecular weight excluding hydrogens is 284 g/mol. The molecule has 0 spiro atoms. The number of amides is 2. The van der Waals surface area contributed by atoms with Crippen LogP contribution < -0.4 is 5.32 Å². The molecule has 0 aromatic rings. The van der Waals surface area contributed by atoms with E-state index in [-0.39, 0.29) is 11.8 Å². The zero-order valence-electron chi connectivity index (χ0n) is 13.1. The van der Waals surface area contributed by atoms with Crippen molar-refractivity contribution in [3.05, 3.63) is 0 Å². The normalized spacial score (nSPS) is 37.5. The molecule has 2 aliphatic carbocycles. The number of hydrogen-bond donors (Lipinski definition) is 1. The summed E-state index contributed by atoms with van der Waals surface area (Å²) in [4.78, 5) is 27.1. The number of hydrogen-bond acceptors (Lipinski definition) is 3. The van der Waals surface area contributed by atoms with Gasteiger partial charge in [0.1, 0.15) is 5.54 Å². The fourth-order valence-corrected chi connectivity index (χ4v) is 5.03. The highest BCUT2D eigenvalue weighted by Crippen LogP contribution is 2.43. The first kappa shape index (κ1) is 15.2. The Morgan fingerprint density at radius 1 is 1.29 bits per heavy atom. The minimum atomic E-state index is -0.649. The molecule has 0 bridgehead atoms. The van der Waals surface area contributed by atoms with E-state index in [1.54, 1.807) is 0 Å². The van der Waals surface area contributed by atoms with Crippen LogP contribution in [0.15, 0.2) is 0 Å².